The number of hydrogen-bond donors (Lipinski definition) is 1. The summed E-state index contributed by atoms with van der Waals surface area (Å²) in [6.07, 6.45) is 0. The molecule has 20 heavy (non-hydrogen) atoms. The van der Waals surface area contributed by atoms with Crippen molar-refractivity contribution in [3.8, 4) is 0 Å². The number of nitrogens with zero attached hydrogens (tertiary/aromatic N) is 1. The van der Waals surface area contributed by atoms with E-state index in [9.17, 15) is 14.9 Å². The normalized spacial score (nSPS) is 10.3. The van der Waals surface area contributed by atoms with Crippen LogP contribution in [0.2, 0.25) is 14.4 Å². The second kappa shape index (κ2) is 5.97. The lowest BCUT2D eigenvalue weighted by atomic mass is 10.3. The molecular weight excluding hydrogens is 347 g/mol. The molecule has 104 valence electrons. The van der Waals surface area contributed by atoms with Crippen LogP contribution in [0.1, 0.15) is 9.67 Å². The topological polar surface area (TPSA) is 72.2 Å². The molecule has 1 N–H and O–H groups in total. The van der Waals surface area contributed by atoms with Crippen LogP contribution in [0.4, 0.5) is 11.4 Å². The number of benzene rings is 1. The van der Waals surface area contributed by atoms with E-state index in [-0.39, 0.29) is 14.9 Å². The Hall–Kier alpha value is -1.34. The fourth-order valence-corrected chi connectivity index (χ4v) is 2.78. The van der Waals surface area contributed by atoms with Crippen molar-refractivity contribution in [2.45, 2.75) is 0 Å². The minimum absolute atomic E-state index is 0.0470. The van der Waals surface area contributed by atoms with Crippen LogP contribution in [0.5, 0.6) is 0 Å². The van der Waals surface area contributed by atoms with E-state index in [1.165, 1.54) is 12.1 Å². The summed E-state index contributed by atoms with van der Waals surface area (Å²) in [5.41, 5.74) is 0.132. The molecule has 0 unspecified atom stereocenters. The molecule has 5 nitrogen and oxygen atoms in total. The average Bonchev–Trinajstić information content (AvgIpc) is 2.76. The molecule has 2 rings (SSSR count). The van der Waals surface area contributed by atoms with E-state index >= 15 is 0 Å². The first kappa shape index (κ1) is 15.1. The SMILES string of the molecule is O=C(Nc1ccc(Cl)c(Cl)c1)c1cc([N+](=O)[O-])c(Cl)s1. The average molecular weight is 352 g/mol. The quantitative estimate of drug-likeness (QED) is 0.633. The van der Waals surface area contributed by atoms with E-state index in [0.717, 1.165) is 17.4 Å². The molecule has 0 aliphatic carbocycles. The van der Waals surface area contributed by atoms with E-state index in [2.05, 4.69) is 5.32 Å². The van der Waals surface area contributed by atoms with Crippen molar-refractivity contribution in [2.75, 3.05) is 5.32 Å². The van der Waals surface area contributed by atoms with E-state index in [1.807, 2.05) is 0 Å². The Kier molecular flexibility index (Phi) is 4.49. The maximum absolute atomic E-state index is 11.9. The second-order valence-electron chi connectivity index (χ2n) is 3.61. The van der Waals surface area contributed by atoms with Gasteiger partial charge in [-0.1, -0.05) is 34.8 Å². The number of thiophene rings is 1. The van der Waals surface area contributed by atoms with Gasteiger partial charge in [-0.25, -0.2) is 0 Å². The number of carbonyl (C=O) groups is 1. The molecule has 0 atom stereocenters. The fourth-order valence-electron chi connectivity index (χ4n) is 1.36. The summed E-state index contributed by atoms with van der Waals surface area (Å²) in [5, 5.41) is 13.9. The lowest BCUT2D eigenvalue weighted by molar-refractivity contribution is -0.384. The first-order chi connectivity index (χ1) is 9.38. The Labute approximate surface area is 132 Å². The van der Waals surface area contributed by atoms with Crippen molar-refractivity contribution in [3.63, 3.8) is 0 Å². The lowest BCUT2D eigenvalue weighted by Crippen LogP contribution is -2.10. The van der Waals surface area contributed by atoms with Crippen LogP contribution in [-0.4, -0.2) is 10.8 Å². The summed E-state index contributed by atoms with van der Waals surface area (Å²) in [5.74, 6) is -0.511. The lowest BCUT2D eigenvalue weighted by Gasteiger charge is -2.04. The highest BCUT2D eigenvalue weighted by molar-refractivity contribution is 7.18. The highest BCUT2D eigenvalue weighted by Gasteiger charge is 2.21. The van der Waals surface area contributed by atoms with Gasteiger partial charge in [0.05, 0.1) is 15.0 Å². The number of rotatable bonds is 3. The van der Waals surface area contributed by atoms with Gasteiger partial charge in [-0.3, -0.25) is 14.9 Å². The summed E-state index contributed by atoms with van der Waals surface area (Å²) in [6, 6.07) is 5.70. The molecule has 9 heteroatoms. The second-order valence-corrected chi connectivity index (χ2v) is 6.08. The number of hydrogen-bond acceptors (Lipinski definition) is 4. The van der Waals surface area contributed by atoms with Crippen molar-refractivity contribution in [2.24, 2.45) is 0 Å². The van der Waals surface area contributed by atoms with Gasteiger partial charge in [0.15, 0.2) is 4.34 Å². The molecule has 0 bridgehead atoms. The third-order valence-electron chi connectivity index (χ3n) is 2.27. The van der Waals surface area contributed by atoms with E-state index in [0.29, 0.717) is 15.7 Å². The Bertz CT molecular complexity index is 702. The zero-order valence-electron chi connectivity index (χ0n) is 9.52. The smallest absolute Gasteiger partial charge is 0.299 e. The maximum Gasteiger partial charge on any atom is 0.299 e. The zero-order valence-corrected chi connectivity index (χ0v) is 12.6. The molecule has 0 spiro atoms. The number of carbonyl (C=O) groups excluding carboxylic acids is 1. The molecule has 1 heterocycles. The molecule has 1 aromatic heterocycles. The van der Waals surface area contributed by atoms with E-state index in [1.54, 1.807) is 6.07 Å². The van der Waals surface area contributed by atoms with Gasteiger partial charge in [0.1, 0.15) is 4.88 Å². The molecule has 0 aliphatic heterocycles. The molecule has 0 saturated carbocycles. The number of anilines is 1. The molecular formula is C11H5Cl3N2O3S. The minimum Gasteiger partial charge on any atom is -0.321 e. The first-order valence-corrected chi connectivity index (χ1v) is 7.03. The van der Waals surface area contributed by atoms with Crippen molar-refractivity contribution < 1.29 is 9.72 Å². The van der Waals surface area contributed by atoms with Crippen LogP contribution in [0.25, 0.3) is 0 Å². The zero-order chi connectivity index (χ0) is 14.9. The van der Waals surface area contributed by atoms with Crippen LogP contribution in [0, 0.1) is 10.1 Å². The Balaban J connectivity index is 2.21. The van der Waals surface area contributed by atoms with Crippen molar-refractivity contribution in [3.05, 3.63) is 53.6 Å². The van der Waals surface area contributed by atoms with Gasteiger partial charge in [0.2, 0.25) is 0 Å². The number of nitrogens with one attached hydrogen (secondary N) is 1. The standard InChI is InChI=1S/C11H5Cl3N2O3S/c12-6-2-1-5(3-7(6)13)15-11(17)9-4-8(16(18)19)10(14)20-9/h1-4H,(H,15,17). The van der Waals surface area contributed by atoms with Crippen LogP contribution in [-0.2, 0) is 0 Å². The first-order valence-electron chi connectivity index (χ1n) is 5.08. The fraction of sp³-hybridized carbons (Fsp3) is 0. The molecule has 1 aromatic carbocycles. The van der Waals surface area contributed by atoms with Gasteiger partial charge < -0.3 is 5.32 Å². The summed E-state index contributed by atoms with van der Waals surface area (Å²) in [4.78, 5) is 22.1. The minimum atomic E-state index is -0.644. The Morgan fingerprint density at radius 2 is 1.90 bits per heavy atom. The largest absolute Gasteiger partial charge is 0.321 e. The number of nitro groups is 1. The summed E-state index contributed by atoms with van der Waals surface area (Å²) in [6.45, 7) is 0. The predicted molar refractivity (Wildman–Crippen MR) is 80.4 cm³/mol. The summed E-state index contributed by atoms with van der Waals surface area (Å²) in [7, 11) is 0. The van der Waals surface area contributed by atoms with Gasteiger partial charge in [0, 0.05) is 11.8 Å². The van der Waals surface area contributed by atoms with Crippen LogP contribution >= 0.6 is 46.1 Å². The molecule has 1 amide bonds. The van der Waals surface area contributed by atoms with Crippen molar-refractivity contribution >= 4 is 63.4 Å². The van der Waals surface area contributed by atoms with Gasteiger partial charge in [-0.15, -0.1) is 11.3 Å². The van der Waals surface area contributed by atoms with E-state index in [4.69, 9.17) is 34.8 Å². The van der Waals surface area contributed by atoms with Crippen LogP contribution in [0.3, 0.4) is 0 Å². The van der Waals surface area contributed by atoms with Gasteiger partial charge in [-0.05, 0) is 18.2 Å². The molecule has 0 saturated heterocycles. The van der Waals surface area contributed by atoms with Gasteiger partial charge in [0.25, 0.3) is 11.6 Å². The van der Waals surface area contributed by atoms with Crippen LogP contribution in [0.15, 0.2) is 24.3 Å². The number of halogens is 3. The summed E-state index contributed by atoms with van der Waals surface area (Å²) >= 11 is 18.1. The molecule has 2 aromatic rings. The number of amides is 1. The summed E-state index contributed by atoms with van der Waals surface area (Å²) < 4.78 is -0.0470. The Morgan fingerprint density at radius 3 is 2.45 bits per heavy atom. The third kappa shape index (κ3) is 3.21. The van der Waals surface area contributed by atoms with Crippen LogP contribution < -0.4 is 5.32 Å². The maximum atomic E-state index is 11.9. The monoisotopic (exact) mass is 350 g/mol. The van der Waals surface area contributed by atoms with E-state index < -0.39 is 10.8 Å². The Morgan fingerprint density at radius 1 is 1.20 bits per heavy atom. The highest BCUT2D eigenvalue weighted by atomic mass is 35.5. The molecule has 0 aliphatic rings. The highest BCUT2D eigenvalue weighted by Crippen LogP contribution is 2.34. The van der Waals surface area contributed by atoms with Gasteiger partial charge in [-0.2, -0.15) is 0 Å². The molecule has 0 fully saturated rings. The molecule has 0 radical (unpaired) electrons. The predicted octanol–water partition coefficient (Wildman–Crippen LogP) is 4.87. The third-order valence-corrected chi connectivity index (χ3v) is 4.34. The van der Waals surface area contributed by atoms with Gasteiger partial charge >= 0.3 is 0 Å². The van der Waals surface area contributed by atoms with Crippen molar-refractivity contribution in [1.29, 1.82) is 0 Å². The van der Waals surface area contributed by atoms with Crippen molar-refractivity contribution in [1.82, 2.24) is 0 Å².